The summed E-state index contributed by atoms with van der Waals surface area (Å²) < 4.78 is 11.1. The van der Waals surface area contributed by atoms with Crippen LogP contribution in [-0.2, 0) is 9.47 Å². The SMILES string of the molecule is COCCC(C)C(NN)C1(OC)CCC(C)(C)CC1. The lowest BCUT2D eigenvalue weighted by atomic mass is 9.66. The minimum atomic E-state index is -0.128. The van der Waals surface area contributed by atoms with Crippen LogP contribution in [0, 0.1) is 11.3 Å². The van der Waals surface area contributed by atoms with E-state index >= 15 is 0 Å². The third kappa shape index (κ3) is 4.15. The molecule has 1 aliphatic carbocycles. The third-order valence-electron chi connectivity index (χ3n) is 4.95. The molecule has 1 rings (SSSR count). The molecule has 0 aromatic rings. The molecule has 2 unspecified atom stereocenters. The Bertz CT molecular complexity index is 259. The predicted octanol–water partition coefficient (Wildman–Crippen LogP) is 2.48. The molecular formula is C15H32N2O2. The lowest BCUT2D eigenvalue weighted by molar-refractivity contribution is -0.0991. The van der Waals surface area contributed by atoms with Gasteiger partial charge < -0.3 is 9.47 Å². The summed E-state index contributed by atoms with van der Waals surface area (Å²) in [5.41, 5.74) is 3.32. The molecule has 0 heterocycles. The first kappa shape index (κ1) is 16.9. The van der Waals surface area contributed by atoms with Crippen LogP contribution in [0.1, 0.15) is 52.9 Å². The Morgan fingerprint density at radius 2 is 1.74 bits per heavy atom. The highest BCUT2D eigenvalue weighted by atomic mass is 16.5. The van der Waals surface area contributed by atoms with Crippen LogP contribution in [0.25, 0.3) is 0 Å². The first-order valence-corrected chi connectivity index (χ1v) is 7.41. The minimum absolute atomic E-state index is 0.128. The van der Waals surface area contributed by atoms with Crippen molar-refractivity contribution in [2.45, 2.75) is 64.5 Å². The van der Waals surface area contributed by atoms with E-state index in [2.05, 4.69) is 26.2 Å². The van der Waals surface area contributed by atoms with Crippen molar-refractivity contribution in [2.24, 2.45) is 17.2 Å². The average Bonchev–Trinajstić information content (AvgIpc) is 2.39. The Morgan fingerprint density at radius 1 is 1.16 bits per heavy atom. The van der Waals surface area contributed by atoms with E-state index in [0.717, 1.165) is 25.9 Å². The van der Waals surface area contributed by atoms with Gasteiger partial charge in [0.15, 0.2) is 0 Å². The largest absolute Gasteiger partial charge is 0.385 e. The molecule has 114 valence electrons. The van der Waals surface area contributed by atoms with E-state index in [9.17, 15) is 0 Å². The van der Waals surface area contributed by atoms with Gasteiger partial charge in [-0.2, -0.15) is 0 Å². The van der Waals surface area contributed by atoms with E-state index in [1.54, 1.807) is 7.11 Å². The molecule has 4 nitrogen and oxygen atoms in total. The second kappa shape index (κ2) is 7.02. The number of hydrazine groups is 1. The third-order valence-corrected chi connectivity index (χ3v) is 4.95. The number of hydrogen-bond donors (Lipinski definition) is 2. The molecule has 0 aromatic carbocycles. The molecule has 19 heavy (non-hydrogen) atoms. The van der Waals surface area contributed by atoms with E-state index < -0.39 is 0 Å². The Labute approximate surface area is 118 Å². The summed E-state index contributed by atoms with van der Waals surface area (Å²) in [5.74, 6) is 6.27. The standard InChI is InChI=1S/C15H32N2O2/c1-12(6-11-18-4)13(17-16)15(19-5)9-7-14(2,3)8-10-15/h12-13,17H,6-11,16H2,1-5H3. The van der Waals surface area contributed by atoms with Gasteiger partial charge in [0.2, 0.25) is 0 Å². The van der Waals surface area contributed by atoms with Gasteiger partial charge in [-0.3, -0.25) is 11.3 Å². The minimum Gasteiger partial charge on any atom is -0.385 e. The van der Waals surface area contributed by atoms with E-state index in [-0.39, 0.29) is 11.6 Å². The number of nitrogens with two attached hydrogens (primary N) is 1. The first-order valence-electron chi connectivity index (χ1n) is 7.41. The zero-order valence-corrected chi connectivity index (χ0v) is 13.3. The molecule has 0 aliphatic heterocycles. The summed E-state index contributed by atoms with van der Waals surface area (Å²) in [7, 11) is 3.57. The Hall–Kier alpha value is -0.160. The lowest BCUT2D eigenvalue weighted by Crippen LogP contribution is -2.59. The summed E-state index contributed by atoms with van der Waals surface area (Å²) >= 11 is 0. The number of hydrogen-bond acceptors (Lipinski definition) is 4. The quantitative estimate of drug-likeness (QED) is 0.552. The zero-order valence-electron chi connectivity index (χ0n) is 13.3. The first-order chi connectivity index (χ1) is 8.90. The molecule has 1 fully saturated rings. The second-order valence-corrected chi connectivity index (χ2v) is 6.84. The molecule has 0 aromatic heterocycles. The van der Waals surface area contributed by atoms with Gasteiger partial charge in [-0.25, -0.2) is 0 Å². The van der Waals surface area contributed by atoms with Crippen molar-refractivity contribution < 1.29 is 9.47 Å². The van der Waals surface area contributed by atoms with Crippen LogP contribution in [0.5, 0.6) is 0 Å². The topological polar surface area (TPSA) is 56.5 Å². The van der Waals surface area contributed by atoms with Gasteiger partial charge in [0.25, 0.3) is 0 Å². The molecule has 1 aliphatic rings. The van der Waals surface area contributed by atoms with Crippen molar-refractivity contribution in [3.8, 4) is 0 Å². The van der Waals surface area contributed by atoms with Gasteiger partial charge in [-0.05, 0) is 43.4 Å². The van der Waals surface area contributed by atoms with Crippen molar-refractivity contribution in [3.63, 3.8) is 0 Å². The van der Waals surface area contributed by atoms with Crippen LogP contribution in [0.4, 0.5) is 0 Å². The van der Waals surface area contributed by atoms with Gasteiger partial charge in [0.05, 0.1) is 11.6 Å². The van der Waals surface area contributed by atoms with Crippen LogP contribution in [-0.4, -0.2) is 32.5 Å². The van der Waals surface area contributed by atoms with E-state index in [0.29, 0.717) is 11.3 Å². The fourth-order valence-corrected chi connectivity index (χ4v) is 3.30. The maximum atomic E-state index is 5.94. The summed E-state index contributed by atoms with van der Waals surface area (Å²) in [6, 6.07) is 0.184. The molecule has 0 saturated heterocycles. The molecule has 0 spiro atoms. The molecule has 4 heteroatoms. The highest BCUT2D eigenvalue weighted by Crippen LogP contribution is 2.44. The Kier molecular flexibility index (Phi) is 6.24. The van der Waals surface area contributed by atoms with E-state index in [4.69, 9.17) is 15.3 Å². The molecule has 3 N–H and O–H groups in total. The Balaban J connectivity index is 2.75. The predicted molar refractivity (Wildman–Crippen MR) is 78.8 cm³/mol. The zero-order chi connectivity index (χ0) is 14.5. The van der Waals surface area contributed by atoms with Gasteiger partial charge in [0, 0.05) is 20.8 Å². The smallest absolute Gasteiger partial charge is 0.0847 e. The van der Waals surface area contributed by atoms with Crippen molar-refractivity contribution in [1.29, 1.82) is 0 Å². The van der Waals surface area contributed by atoms with Gasteiger partial charge in [-0.15, -0.1) is 0 Å². The maximum absolute atomic E-state index is 5.94. The monoisotopic (exact) mass is 272 g/mol. The number of methoxy groups -OCH3 is 2. The lowest BCUT2D eigenvalue weighted by Gasteiger charge is -2.48. The van der Waals surface area contributed by atoms with Gasteiger partial charge in [-0.1, -0.05) is 20.8 Å². The molecule has 0 radical (unpaired) electrons. The fraction of sp³-hybridized carbons (Fsp3) is 1.00. The van der Waals surface area contributed by atoms with E-state index in [1.807, 2.05) is 7.11 Å². The van der Waals surface area contributed by atoms with Crippen molar-refractivity contribution in [2.75, 3.05) is 20.8 Å². The Morgan fingerprint density at radius 3 is 2.16 bits per heavy atom. The highest BCUT2D eigenvalue weighted by molar-refractivity contribution is 4.99. The van der Waals surface area contributed by atoms with Crippen molar-refractivity contribution in [1.82, 2.24) is 5.43 Å². The fourth-order valence-electron chi connectivity index (χ4n) is 3.30. The summed E-state index contributed by atoms with van der Waals surface area (Å²) in [4.78, 5) is 0. The highest BCUT2D eigenvalue weighted by Gasteiger charge is 2.45. The van der Waals surface area contributed by atoms with Crippen LogP contribution < -0.4 is 11.3 Å². The van der Waals surface area contributed by atoms with Crippen LogP contribution in [0.15, 0.2) is 0 Å². The molecule has 0 bridgehead atoms. The number of rotatable bonds is 7. The summed E-state index contributed by atoms with van der Waals surface area (Å²) in [6.45, 7) is 7.67. The van der Waals surface area contributed by atoms with Gasteiger partial charge in [0.1, 0.15) is 0 Å². The second-order valence-electron chi connectivity index (χ2n) is 6.84. The summed E-state index contributed by atoms with van der Waals surface area (Å²) in [6.07, 6.45) is 5.53. The molecular weight excluding hydrogens is 240 g/mol. The van der Waals surface area contributed by atoms with E-state index in [1.165, 1.54) is 12.8 Å². The van der Waals surface area contributed by atoms with Crippen LogP contribution in [0.3, 0.4) is 0 Å². The maximum Gasteiger partial charge on any atom is 0.0847 e. The van der Waals surface area contributed by atoms with Crippen LogP contribution >= 0.6 is 0 Å². The normalized spacial score (nSPS) is 24.9. The molecule has 0 amide bonds. The number of ether oxygens (including phenoxy) is 2. The summed E-state index contributed by atoms with van der Waals surface area (Å²) in [5, 5.41) is 0. The molecule has 1 saturated carbocycles. The van der Waals surface area contributed by atoms with Crippen molar-refractivity contribution in [3.05, 3.63) is 0 Å². The van der Waals surface area contributed by atoms with Gasteiger partial charge >= 0.3 is 0 Å². The average molecular weight is 272 g/mol. The van der Waals surface area contributed by atoms with Crippen molar-refractivity contribution >= 4 is 0 Å². The van der Waals surface area contributed by atoms with Crippen LogP contribution in [0.2, 0.25) is 0 Å². The number of nitrogens with one attached hydrogen (secondary N) is 1. The molecule has 2 atom stereocenters.